The zero-order chi connectivity index (χ0) is 12.3. The standard InChI is InChI=1S/C13H16N2O/c1-6-13(4,5)15-12(16)11-8-7-9(2)14-10(11)3/h1,7-8H,2-5H3,(H,15,16). The lowest BCUT2D eigenvalue weighted by molar-refractivity contribution is 0.0929. The molecule has 0 spiro atoms. The monoisotopic (exact) mass is 216 g/mol. The molecule has 0 aliphatic rings. The lowest BCUT2D eigenvalue weighted by atomic mass is 10.1. The predicted molar refractivity (Wildman–Crippen MR) is 64.1 cm³/mol. The number of nitrogens with zero attached hydrogens (tertiary/aromatic N) is 1. The molecule has 0 aromatic carbocycles. The molecule has 1 aromatic heterocycles. The third-order valence-electron chi connectivity index (χ3n) is 2.26. The number of aromatic nitrogens is 1. The van der Waals surface area contributed by atoms with E-state index in [9.17, 15) is 4.79 Å². The second-order valence-electron chi connectivity index (χ2n) is 4.31. The van der Waals surface area contributed by atoms with Gasteiger partial charge < -0.3 is 5.32 Å². The van der Waals surface area contributed by atoms with Crippen LogP contribution in [-0.4, -0.2) is 16.4 Å². The van der Waals surface area contributed by atoms with Crippen LogP contribution in [0.2, 0.25) is 0 Å². The Kier molecular flexibility index (Phi) is 3.34. The minimum absolute atomic E-state index is 0.187. The summed E-state index contributed by atoms with van der Waals surface area (Å²) >= 11 is 0. The van der Waals surface area contributed by atoms with Gasteiger partial charge in [0.15, 0.2) is 0 Å². The molecule has 1 amide bonds. The molecule has 1 heterocycles. The number of rotatable bonds is 2. The van der Waals surface area contributed by atoms with Crippen molar-refractivity contribution >= 4 is 5.91 Å². The van der Waals surface area contributed by atoms with Gasteiger partial charge in [0.1, 0.15) is 0 Å². The van der Waals surface area contributed by atoms with Crippen LogP contribution in [0.1, 0.15) is 35.6 Å². The van der Waals surface area contributed by atoms with Gasteiger partial charge in [-0.2, -0.15) is 0 Å². The minimum atomic E-state index is -0.644. The van der Waals surface area contributed by atoms with Gasteiger partial charge in [0, 0.05) is 5.69 Å². The summed E-state index contributed by atoms with van der Waals surface area (Å²) < 4.78 is 0. The molecule has 0 atom stereocenters. The van der Waals surface area contributed by atoms with Crippen LogP contribution in [0, 0.1) is 26.2 Å². The summed E-state index contributed by atoms with van der Waals surface area (Å²) in [5, 5.41) is 2.77. The van der Waals surface area contributed by atoms with E-state index >= 15 is 0 Å². The van der Waals surface area contributed by atoms with Crippen LogP contribution in [0.5, 0.6) is 0 Å². The highest BCUT2D eigenvalue weighted by atomic mass is 16.1. The quantitative estimate of drug-likeness (QED) is 0.766. The van der Waals surface area contributed by atoms with Crippen LogP contribution in [0.3, 0.4) is 0 Å². The molecule has 1 N–H and O–H groups in total. The molecule has 3 nitrogen and oxygen atoms in total. The SMILES string of the molecule is C#CC(C)(C)NC(=O)c1ccc(C)nc1C. The highest BCUT2D eigenvalue weighted by Crippen LogP contribution is 2.08. The average Bonchev–Trinajstić information content (AvgIpc) is 2.16. The maximum absolute atomic E-state index is 11.9. The first-order valence-electron chi connectivity index (χ1n) is 5.10. The highest BCUT2D eigenvalue weighted by Gasteiger charge is 2.19. The van der Waals surface area contributed by atoms with E-state index in [1.54, 1.807) is 19.9 Å². The van der Waals surface area contributed by atoms with Gasteiger partial charge >= 0.3 is 0 Å². The van der Waals surface area contributed by atoms with E-state index in [0.717, 1.165) is 5.69 Å². The number of hydrogen-bond donors (Lipinski definition) is 1. The second kappa shape index (κ2) is 4.36. The molecule has 0 unspecified atom stereocenters. The zero-order valence-electron chi connectivity index (χ0n) is 10.1. The van der Waals surface area contributed by atoms with Crippen molar-refractivity contribution in [3.63, 3.8) is 0 Å². The van der Waals surface area contributed by atoms with Crippen LogP contribution >= 0.6 is 0 Å². The topological polar surface area (TPSA) is 42.0 Å². The molecular formula is C13H16N2O. The van der Waals surface area contributed by atoms with E-state index in [4.69, 9.17) is 6.42 Å². The van der Waals surface area contributed by atoms with E-state index in [0.29, 0.717) is 11.3 Å². The van der Waals surface area contributed by atoms with E-state index in [1.807, 2.05) is 19.9 Å². The first-order valence-corrected chi connectivity index (χ1v) is 5.10. The summed E-state index contributed by atoms with van der Waals surface area (Å²) in [4.78, 5) is 16.1. The Hall–Kier alpha value is -1.82. The lowest BCUT2D eigenvalue weighted by Crippen LogP contribution is -2.42. The molecule has 0 saturated heterocycles. The molecule has 1 aromatic rings. The summed E-state index contributed by atoms with van der Waals surface area (Å²) in [5.74, 6) is 2.33. The number of aryl methyl sites for hydroxylation is 2. The highest BCUT2D eigenvalue weighted by molar-refractivity contribution is 5.95. The second-order valence-corrected chi connectivity index (χ2v) is 4.31. The number of nitrogens with one attached hydrogen (secondary N) is 1. The molecule has 16 heavy (non-hydrogen) atoms. The Balaban J connectivity index is 2.95. The molecule has 3 heteroatoms. The van der Waals surface area contributed by atoms with Gasteiger partial charge in [-0.05, 0) is 39.8 Å². The summed E-state index contributed by atoms with van der Waals surface area (Å²) in [6, 6.07) is 3.57. The van der Waals surface area contributed by atoms with E-state index in [2.05, 4.69) is 16.2 Å². The van der Waals surface area contributed by atoms with Crippen molar-refractivity contribution in [2.24, 2.45) is 0 Å². The van der Waals surface area contributed by atoms with Gasteiger partial charge in [0.05, 0.1) is 16.8 Å². The number of carbonyl (C=O) groups excluding carboxylic acids is 1. The number of terminal acetylenes is 1. The van der Waals surface area contributed by atoms with Gasteiger partial charge in [0.25, 0.3) is 5.91 Å². The number of amides is 1. The molecule has 0 aliphatic carbocycles. The largest absolute Gasteiger partial charge is 0.336 e. The summed E-state index contributed by atoms with van der Waals surface area (Å²) in [6.07, 6.45) is 5.31. The Morgan fingerprint density at radius 3 is 2.56 bits per heavy atom. The Morgan fingerprint density at radius 2 is 2.06 bits per heavy atom. The fraction of sp³-hybridized carbons (Fsp3) is 0.385. The van der Waals surface area contributed by atoms with Crippen molar-refractivity contribution in [3.05, 3.63) is 29.1 Å². The lowest BCUT2D eigenvalue weighted by Gasteiger charge is -2.20. The third kappa shape index (κ3) is 2.83. The van der Waals surface area contributed by atoms with Crippen molar-refractivity contribution in [1.82, 2.24) is 10.3 Å². The number of pyridine rings is 1. The molecule has 84 valence electrons. The van der Waals surface area contributed by atoms with Gasteiger partial charge in [0.2, 0.25) is 0 Å². The fourth-order valence-electron chi connectivity index (χ4n) is 1.31. The Labute approximate surface area is 96.3 Å². The van der Waals surface area contributed by atoms with Crippen LogP contribution in [0.25, 0.3) is 0 Å². The van der Waals surface area contributed by atoms with Crippen molar-refractivity contribution in [1.29, 1.82) is 0 Å². The first kappa shape index (κ1) is 12.3. The zero-order valence-corrected chi connectivity index (χ0v) is 10.1. The average molecular weight is 216 g/mol. The smallest absolute Gasteiger partial charge is 0.254 e. The van der Waals surface area contributed by atoms with Gasteiger partial charge in [-0.1, -0.05) is 5.92 Å². The molecule has 1 rings (SSSR count). The predicted octanol–water partition coefficient (Wildman–Crippen LogP) is 1.84. The number of carbonyl (C=O) groups is 1. The van der Waals surface area contributed by atoms with Crippen molar-refractivity contribution in [2.45, 2.75) is 33.2 Å². The molecular weight excluding hydrogens is 200 g/mol. The number of hydrogen-bond acceptors (Lipinski definition) is 2. The Bertz CT molecular complexity index is 455. The summed E-state index contributed by atoms with van der Waals surface area (Å²) in [6.45, 7) is 7.26. The van der Waals surface area contributed by atoms with Crippen LogP contribution in [0.4, 0.5) is 0 Å². The normalized spacial score (nSPS) is 10.7. The third-order valence-corrected chi connectivity index (χ3v) is 2.26. The molecule has 0 saturated carbocycles. The maximum Gasteiger partial charge on any atom is 0.254 e. The molecule has 0 bridgehead atoms. The first-order chi connectivity index (χ1) is 7.35. The minimum Gasteiger partial charge on any atom is -0.336 e. The van der Waals surface area contributed by atoms with Crippen LogP contribution < -0.4 is 5.32 Å². The van der Waals surface area contributed by atoms with Crippen molar-refractivity contribution in [2.75, 3.05) is 0 Å². The van der Waals surface area contributed by atoms with Crippen molar-refractivity contribution in [3.8, 4) is 12.3 Å². The van der Waals surface area contributed by atoms with Crippen LogP contribution in [-0.2, 0) is 0 Å². The molecule has 0 fully saturated rings. The molecule has 0 radical (unpaired) electrons. The van der Waals surface area contributed by atoms with Crippen LogP contribution in [0.15, 0.2) is 12.1 Å². The maximum atomic E-state index is 11.9. The Morgan fingerprint density at radius 1 is 1.44 bits per heavy atom. The van der Waals surface area contributed by atoms with Gasteiger partial charge in [-0.25, -0.2) is 0 Å². The van der Waals surface area contributed by atoms with Crippen molar-refractivity contribution < 1.29 is 4.79 Å². The van der Waals surface area contributed by atoms with E-state index < -0.39 is 5.54 Å². The summed E-state index contributed by atoms with van der Waals surface area (Å²) in [7, 11) is 0. The van der Waals surface area contributed by atoms with Gasteiger partial charge in [-0.15, -0.1) is 6.42 Å². The molecule has 0 aliphatic heterocycles. The van der Waals surface area contributed by atoms with E-state index in [1.165, 1.54) is 0 Å². The fourth-order valence-corrected chi connectivity index (χ4v) is 1.31. The summed E-state index contributed by atoms with van der Waals surface area (Å²) in [5.41, 5.74) is 1.53. The van der Waals surface area contributed by atoms with E-state index in [-0.39, 0.29) is 5.91 Å². The van der Waals surface area contributed by atoms with Gasteiger partial charge in [-0.3, -0.25) is 9.78 Å².